The van der Waals surface area contributed by atoms with Gasteiger partial charge in [0.2, 0.25) is 0 Å². The molecule has 16 heavy (non-hydrogen) atoms. The quantitative estimate of drug-likeness (QED) is 0.656. The Kier molecular flexibility index (Phi) is 7.98. The average Bonchev–Trinajstić information content (AvgIpc) is 2.28. The van der Waals surface area contributed by atoms with Crippen molar-refractivity contribution in [3.63, 3.8) is 0 Å². The molecule has 2 unspecified atom stereocenters. The minimum absolute atomic E-state index is 0.157. The van der Waals surface area contributed by atoms with E-state index in [-0.39, 0.29) is 5.54 Å². The van der Waals surface area contributed by atoms with Crippen molar-refractivity contribution in [1.82, 2.24) is 10.2 Å². The Labute approximate surface area is 102 Å². The predicted molar refractivity (Wildman–Crippen MR) is 71.0 cm³/mol. The molecule has 0 rings (SSSR count). The fraction of sp³-hybridized carbons (Fsp3) is 1.00. The molecule has 0 aromatic carbocycles. The molecule has 3 nitrogen and oxygen atoms in total. The number of rotatable bonds is 9. The normalized spacial score (nSPS) is 17.4. The maximum atomic E-state index is 5.60. The van der Waals surface area contributed by atoms with Crippen LogP contribution in [0, 0.1) is 0 Å². The molecule has 0 heterocycles. The van der Waals surface area contributed by atoms with Gasteiger partial charge in [-0.3, -0.25) is 0 Å². The van der Waals surface area contributed by atoms with Crippen molar-refractivity contribution in [1.29, 1.82) is 0 Å². The van der Waals surface area contributed by atoms with E-state index in [1.807, 2.05) is 0 Å². The molecular formula is C13H30N2O. The highest BCUT2D eigenvalue weighted by Crippen LogP contribution is 2.21. The highest BCUT2D eigenvalue weighted by molar-refractivity contribution is 4.94. The summed E-state index contributed by atoms with van der Waals surface area (Å²) in [5.41, 5.74) is 0.157. The second-order valence-electron chi connectivity index (χ2n) is 4.77. The third-order valence-electron chi connectivity index (χ3n) is 3.62. The summed E-state index contributed by atoms with van der Waals surface area (Å²) in [6.07, 6.45) is 2.28. The van der Waals surface area contributed by atoms with Crippen molar-refractivity contribution >= 4 is 0 Å². The number of nitrogens with zero attached hydrogens (tertiary/aromatic N) is 1. The average molecular weight is 230 g/mol. The Bertz CT molecular complexity index is 165. The second kappa shape index (κ2) is 8.04. The second-order valence-corrected chi connectivity index (χ2v) is 4.77. The largest absolute Gasteiger partial charge is 0.380 e. The van der Waals surface area contributed by atoms with E-state index in [0.717, 1.165) is 32.6 Å². The maximum absolute atomic E-state index is 5.60. The van der Waals surface area contributed by atoms with E-state index in [4.69, 9.17) is 4.74 Å². The molecule has 0 aromatic heterocycles. The van der Waals surface area contributed by atoms with E-state index in [2.05, 4.69) is 52.0 Å². The molecule has 0 saturated carbocycles. The topological polar surface area (TPSA) is 24.5 Å². The molecule has 0 aliphatic heterocycles. The van der Waals surface area contributed by atoms with Crippen LogP contribution in [-0.2, 0) is 4.74 Å². The molecule has 0 aromatic rings. The van der Waals surface area contributed by atoms with Crippen LogP contribution in [0.4, 0.5) is 0 Å². The first-order valence-corrected chi connectivity index (χ1v) is 6.51. The molecule has 0 amide bonds. The van der Waals surface area contributed by atoms with Crippen LogP contribution >= 0.6 is 0 Å². The van der Waals surface area contributed by atoms with E-state index >= 15 is 0 Å². The smallest absolute Gasteiger partial charge is 0.0637 e. The van der Waals surface area contributed by atoms with Crippen LogP contribution < -0.4 is 5.32 Å². The molecule has 0 saturated heterocycles. The summed E-state index contributed by atoms with van der Waals surface area (Å²) in [4.78, 5) is 2.30. The Balaban J connectivity index is 4.54. The summed E-state index contributed by atoms with van der Waals surface area (Å²) >= 11 is 0. The van der Waals surface area contributed by atoms with Gasteiger partial charge >= 0.3 is 0 Å². The highest BCUT2D eigenvalue weighted by atomic mass is 16.5. The Morgan fingerprint density at radius 3 is 2.25 bits per heavy atom. The molecule has 0 aliphatic carbocycles. The minimum Gasteiger partial charge on any atom is -0.380 e. The zero-order valence-corrected chi connectivity index (χ0v) is 12.0. The van der Waals surface area contributed by atoms with E-state index in [0.29, 0.717) is 6.04 Å². The summed E-state index contributed by atoms with van der Waals surface area (Å²) in [7, 11) is 4.30. The Morgan fingerprint density at radius 2 is 1.88 bits per heavy atom. The highest BCUT2D eigenvalue weighted by Gasteiger charge is 2.34. The van der Waals surface area contributed by atoms with Crippen molar-refractivity contribution < 1.29 is 4.74 Å². The third kappa shape index (κ3) is 4.40. The van der Waals surface area contributed by atoms with E-state index < -0.39 is 0 Å². The number of likely N-dealkylation sites (N-methyl/N-ethyl adjacent to an activating group) is 1. The Hall–Kier alpha value is -0.120. The standard InChI is InChI=1S/C13H30N2O/c1-7-10-14-12(11-16-9-3)13(4,8-2)15(5)6/h12,14H,7-11H2,1-6H3. The molecule has 2 atom stereocenters. The lowest BCUT2D eigenvalue weighted by molar-refractivity contribution is 0.0414. The van der Waals surface area contributed by atoms with Crippen molar-refractivity contribution in [2.75, 3.05) is 33.9 Å². The van der Waals surface area contributed by atoms with Gasteiger partial charge in [0.25, 0.3) is 0 Å². The van der Waals surface area contributed by atoms with Crippen LogP contribution in [0.15, 0.2) is 0 Å². The van der Waals surface area contributed by atoms with Gasteiger partial charge in [0.05, 0.1) is 6.61 Å². The summed E-state index contributed by atoms with van der Waals surface area (Å²) in [6, 6.07) is 0.396. The zero-order valence-electron chi connectivity index (χ0n) is 12.0. The van der Waals surface area contributed by atoms with Crippen molar-refractivity contribution in [3.8, 4) is 0 Å². The van der Waals surface area contributed by atoms with Crippen molar-refractivity contribution in [2.45, 2.75) is 52.1 Å². The molecule has 0 radical (unpaired) electrons. The molecule has 0 spiro atoms. The minimum atomic E-state index is 0.157. The van der Waals surface area contributed by atoms with Crippen LogP contribution in [0.3, 0.4) is 0 Å². The summed E-state index contributed by atoms with van der Waals surface area (Å²) in [5.74, 6) is 0. The fourth-order valence-corrected chi connectivity index (χ4v) is 1.89. The molecule has 98 valence electrons. The van der Waals surface area contributed by atoms with Gasteiger partial charge in [0.1, 0.15) is 0 Å². The summed E-state index contributed by atoms with van der Waals surface area (Å²) in [6.45, 7) is 11.4. The van der Waals surface area contributed by atoms with E-state index in [9.17, 15) is 0 Å². The molecular weight excluding hydrogens is 200 g/mol. The molecule has 0 bridgehead atoms. The van der Waals surface area contributed by atoms with Crippen LogP contribution in [-0.4, -0.2) is 50.3 Å². The number of ether oxygens (including phenoxy) is 1. The van der Waals surface area contributed by atoms with Gasteiger partial charge in [-0.1, -0.05) is 13.8 Å². The molecule has 1 N–H and O–H groups in total. The van der Waals surface area contributed by atoms with Gasteiger partial charge in [0, 0.05) is 18.2 Å². The van der Waals surface area contributed by atoms with E-state index in [1.54, 1.807) is 0 Å². The van der Waals surface area contributed by atoms with Crippen LogP contribution in [0.25, 0.3) is 0 Å². The van der Waals surface area contributed by atoms with Crippen LogP contribution in [0.2, 0.25) is 0 Å². The SMILES string of the molecule is CCCNC(COCC)C(C)(CC)N(C)C. The first-order valence-electron chi connectivity index (χ1n) is 6.51. The van der Waals surface area contributed by atoms with Gasteiger partial charge in [-0.05, 0) is 47.3 Å². The number of hydrogen-bond donors (Lipinski definition) is 1. The number of nitrogens with one attached hydrogen (secondary N) is 1. The summed E-state index contributed by atoms with van der Waals surface area (Å²) < 4.78 is 5.60. The third-order valence-corrected chi connectivity index (χ3v) is 3.62. The monoisotopic (exact) mass is 230 g/mol. The first-order chi connectivity index (χ1) is 7.52. The Morgan fingerprint density at radius 1 is 1.25 bits per heavy atom. The molecule has 0 fully saturated rings. The van der Waals surface area contributed by atoms with Crippen molar-refractivity contribution in [3.05, 3.63) is 0 Å². The molecule has 3 heteroatoms. The van der Waals surface area contributed by atoms with Crippen molar-refractivity contribution in [2.24, 2.45) is 0 Å². The van der Waals surface area contributed by atoms with Gasteiger partial charge in [0.15, 0.2) is 0 Å². The zero-order chi connectivity index (χ0) is 12.6. The van der Waals surface area contributed by atoms with Gasteiger partial charge < -0.3 is 15.0 Å². The molecule has 0 aliphatic rings. The van der Waals surface area contributed by atoms with Gasteiger partial charge in [-0.2, -0.15) is 0 Å². The van der Waals surface area contributed by atoms with Crippen LogP contribution in [0.1, 0.15) is 40.5 Å². The van der Waals surface area contributed by atoms with Gasteiger partial charge in [-0.15, -0.1) is 0 Å². The fourth-order valence-electron chi connectivity index (χ4n) is 1.89. The predicted octanol–water partition coefficient (Wildman–Crippen LogP) is 2.12. The number of hydrogen-bond acceptors (Lipinski definition) is 3. The van der Waals surface area contributed by atoms with Gasteiger partial charge in [-0.25, -0.2) is 0 Å². The lowest BCUT2D eigenvalue weighted by atomic mass is 9.88. The lowest BCUT2D eigenvalue weighted by Gasteiger charge is -2.43. The lowest BCUT2D eigenvalue weighted by Crippen LogP contribution is -2.59. The van der Waals surface area contributed by atoms with E-state index in [1.165, 1.54) is 0 Å². The summed E-state index contributed by atoms with van der Waals surface area (Å²) in [5, 5.41) is 3.61. The van der Waals surface area contributed by atoms with Crippen LogP contribution in [0.5, 0.6) is 0 Å². The first kappa shape index (κ1) is 15.9. The maximum Gasteiger partial charge on any atom is 0.0637 e.